The van der Waals surface area contributed by atoms with Crippen LogP contribution >= 0.6 is 0 Å². The van der Waals surface area contributed by atoms with Gasteiger partial charge >= 0.3 is 6.61 Å². The molecule has 0 aromatic heterocycles. The Morgan fingerprint density at radius 3 is 2.35 bits per heavy atom. The quantitative estimate of drug-likeness (QED) is 0.844. The Balaban J connectivity index is 2.79. The highest BCUT2D eigenvalue weighted by Gasteiger charge is 2.14. The summed E-state index contributed by atoms with van der Waals surface area (Å²) in [5.74, 6) is -0.207. The van der Waals surface area contributed by atoms with Crippen molar-refractivity contribution < 1.29 is 23.4 Å². The second kappa shape index (κ2) is 7.19. The number of halogens is 2. The van der Waals surface area contributed by atoms with E-state index in [0.29, 0.717) is 29.7 Å². The molecule has 0 bridgehead atoms. The van der Waals surface area contributed by atoms with Gasteiger partial charge in [-0.15, -0.1) is 0 Å². The van der Waals surface area contributed by atoms with Gasteiger partial charge in [0.05, 0.1) is 6.10 Å². The zero-order valence-corrected chi connectivity index (χ0v) is 11.7. The summed E-state index contributed by atoms with van der Waals surface area (Å²) in [5, 5.41) is 11.8. The molecule has 0 spiro atoms. The molecule has 1 unspecified atom stereocenters. The zero-order valence-electron chi connectivity index (χ0n) is 11.7. The number of benzene rings is 1. The molecule has 4 nitrogen and oxygen atoms in total. The molecule has 2 N–H and O–H groups in total. The highest BCUT2D eigenvalue weighted by molar-refractivity contribution is 5.94. The number of aliphatic hydroxyl groups is 1. The summed E-state index contributed by atoms with van der Waals surface area (Å²) in [5.41, 5.74) is 1.34. The lowest BCUT2D eigenvalue weighted by Crippen LogP contribution is -2.26. The van der Waals surface area contributed by atoms with E-state index in [4.69, 9.17) is 5.11 Å². The van der Waals surface area contributed by atoms with Crippen molar-refractivity contribution in [1.82, 2.24) is 5.32 Å². The number of hydrogen-bond donors (Lipinski definition) is 2. The van der Waals surface area contributed by atoms with Crippen molar-refractivity contribution >= 4 is 5.91 Å². The van der Waals surface area contributed by atoms with Crippen LogP contribution in [0.25, 0.3) is 0 Å². The normalized spacial score (nSPS) is 12.3. The van der Waals surface area contributed by atoms with Gasteiger partial charge in [0.25, 0.3) is 5.91 Å². The minimum absolute atomic E-state index is 0.0977. The summed E-state index contributed by atoms with van der Waals surface area (Å²) in [4.78, 5) is 11.9. The molecule has 0 aliphatic rings. The van der Waals surface area contributed by atoms with E-state index in [9.17, 15) is 13.6 Å². The van der Waals surface area contributed by atoms with Crippen molar-refractivity contribution in [3.8, 4) is 5.75 Å². The molecule has 20 heavy (non-hydrogen) atoms. The van der Waals surface area contributed by atoms with Gasteiger partial charge in [-0.1, -0.05) is 0 Å². The highest BCUT2D eigenvalue weighted by Crippen LogP contribution is 2.26. The number of carbonyl (C=O) groups is 1. The van der Waals surface area contributed by atoms with E-state index >= 15 is 0 Å². The van der Waals surface area contributed by atoms with Crippen LogP contribution in [0.1, 0.15) is 34.8 Å². The van der Waals surface area contributed by atoms with Crippen LogP contribution in [0.15, 0.2) is 12.1 Å². The molecule has 1 aromatic carbocycles. The number of nitrogens with one attached hydrogen (secondary N) is 1. The summed E-state index contributed by atoms with van der Waals surface area (Å²) in [6, 6.07) is 3.00. The van der Waals surface area contributed by atoms with Crippen LogP contribution in [0, 0.1) is 13.8 Å². The van der Waals surface area contributed by atoms with Crippen LogP contribution in [-0.2, 0) is 0 Å². The first-order chi connectivity index (χ1) is 9.31. The van der Waals surface area contributed by atoms with Crippen molar-refractivity contribution in [1.29, 1.82) is 0 Å². The van der Waals surface area contributed by atoms with Gasteiger partial charge in [0.15, 0.2) is 0 Å². The maximum absolute atomic E-state index is 12.3. The predicted molar refractivity (Wildman–Crippen MR) is 71.2 cm³/mol. The molecule has 0 aliphatic carbocycles. The number of rotatable bonds is 6. The fourth-order valence-corrected chi connectivity index (χ4v) is 1.85. The molecular formula is C14H19F2NO3. The zero-order chi connectivity index (χ0) is 15.3. The molecule has 0 saturated carbocycles. The smallest absolute Gasteiger partial charge is 0.387 e. The van der Waals surface area contributed by atoms with Crippen LogP contribution in [0.3, 0.4) is 0 Å². The Labute approximate surface area is 116 Å². The molecule has 0 aliphatic heterocycles. The Kier molecular flexibility index (Phi) is 5.88. The van der Waals surface area contributed by atoms with Crippen molar-refractivity contribution in [3.05, 3.63) is 28.8 Å². The lowest BCUT2D eigenvalue weighted by Gasteiger charge is -2.13. The molecule has 0 radical (unpaired) electrons. The van der Waals surface area contributed by atoms with E-state index in [0.717, 1.165) is 0 Å². The van der Waals surface area contributed by atoms with E-state index < -0.39 is 12.7 Å². The average molecular weight is 287 g/mol. The predicted octanol–water partition coefficient (Wildman–Crippen LogP) is 2.41. The first-order valence-electron chi connectivity index (χ1n) is 6.33. The summed E-state index contributed by atoms with van der Waals surface area (Å²) >= 11 is 0. The van der Waals surface area contributed by atoms with Crippen molar-refractivity contribution in [2.24, 2.45) is 0 Å². The van der Waals surface area contributed by atoms with E-state index in [2.05, 4.69) is 10.1 Å². The van der Waals surface area contributed by atoms with Gasteiger partial charge in [-0.05, 0) is 50.5 Å². The molecule has 1 amide bonds. The standard InChI is InChI=1S/C14H19F2NO3/c1-8-6-11(13(19)17-5-4-10(3)18)7-9(2)12(8)20-14(15)16/h6-7,10,14,18H,4-5H2,1-3H3,(H,17,19). The SMILES string of the molecule is Cc1cc(C(=O)NCCC(C)O)cc(C)c1OC(F)F. The van der Waals surface area contributed by atoms with Gasteiger partial charge in [-0.25, -0.2) is 0 Å². The fraction of sp³-hybridized carbons (Fsp3) is 0.500. The Morgan fingerprint density at radius 1 is 1.35 bits per heavy atom. The number of hydrogen-bond acceptors (Lipinski definition) is 3. The van der Waals surface area contributed by atoms with Gasteiger partial charge in [-0.3, -0.25) is 4.79 Å². The second-order valence-corrected chi connectivity index (χ2v) is 4.71. The number of aliphatic hydroxyl groups excluding tert-OH is 1. The number of carbonyl (C=O) groups excluding carboxylic acids is 1. The molecule has 1 atom stereocenters. The lowest BCUT2D eigenvalue weighted by atomic mass is 10.1. The van der Waals surface area contributed by atoms with Crippen LogP contribution in [-0.4, -0.2) is 30.3 Å². The molecule has 0 saturated heterocycles. The van der Waals surface area contributed by atoms with E-state index in [1.807, 2.05) is 0 Å². The molecular weight excluding hydrogens is 268 g/mol. The third-order valence-corrected chi connectivity index (χ3v) is 2.78. The van der Waals surface area contributed by atoms with Crippen LogP contribution < -0.4 is 10.1 Å². The number of amides is 1. The number of alkyl halides is 2. The maximum Gasteiger partial charge on any atom is 0.387 e. The second-order valence-electron chi connectivity index (χ2n) is 4.71. The van der Waals surface area contributed by atoms with E-state index in [1.54, 1.807) is 20.8 Å². The minimum Gasteiger partial charge on any atom is -0.434 e. The largest absolute Gasteiger partial charge is 0.434 e. The minimum atomic E-state index is -2.89. The van der Waals surface area contributed by atoms with Gasteiger partial charge in [0.2, 0.25) is 0 Å². The third kappa shape index (κ3) is 4.77. The summed E-state index contributed by atoms with van der Waals surface area (Å²) < 4.78 is 28.9. The Bertz CT molecular complexity index is 452. The monoisotopic (exact) mass is 287 g/mol. The fourth-order valence-electron chi connectivity index (χ4n) is 1.85. The first-order valence-corrected chi connectivity index (χ1v) is 6.33. The van der Waals surface area contributed by atoms with Crippen LogP contribution in [0.2, 0.25) is 0 Å². The maximum atomic E-state index is 12.3. The highest BCUT2D eigenvalue weighted by atomic mass is 19.3. The summed E-state index contributed by atoms with van der Waals surface area (Å²) in [6.45, 7) is 2.31. The number of aryl methyl sites for hydroxylation is 2. The molecule has 6 heteroatoms. The third-order valence-electron chi connectivity index (χ3n) is 2.78. The average Bonchev–Trinajstić information content (AvgIpc) is 2.32. The van der Waals surface area contributed by atoms with Crippen LogP contribution in [0.5, 0.6) is 5.75 Å². The van der Waals surface area contributed by atoms with E-state index in [-0.39, 0.29) is 11.7 Å². The number of ether oxygens (including phenoxy) is 1. The molecule has 1 rings (SSSR count). The van der Waals surface area contributed by atoms with Crippen LogP contribution in [0.4, 0.5) is 8.78 Å². The summed E-state index contributed by atoms with van der Waals surface area (Å²) in [6.07, 6.45) is -0.0309. The van der Waals surface area contributed by atoms with Gasteiger partial charge in [0.1, 0.15) is 5.75 Å². The van der Waals surface area contributed by atoms with Crippen molar-refractivity contribution in [3.63, 3.8) is 0 Å². The van der Waals surface area contributed by atoms with Gasteiger partial charge in [0, 0.05) is 12.1 Å². The van der Waals surface area contributed by atoms with E-state index in [1.165, 1.54) is 12.1 Å². The molecule has 112 valence electrons. The summed E-state index contributed by atoms with van der Waals surface area (Å²) in [7, 11) is 0. The molecule has 0 heterocycles. The molecule has 0 fully saturated rings. The lowest BCUT2D eigenvalue weighted by molar-refractivity contribution is -0.0507. The first kappa shape index (κ1) is 16.4. The Hall–Kier alpha value is -1.69. The van der Waals surface area contributed by atoms with Crippen molar-refractivity contribution in [2.75, 3.05) is 6.54 Å². The van der Waals surface area contributed by atoms with Gasteiger partial charge in [-0.2, -0.15) is 8.78 Å². The topological polar surface area (TPSA) is 58.6 Å². The Morgan fingerprint density at radius 2 is 1.90 bits per heavy atom. The van der Waals surface area contributed by atoms with Gasteiger partial charge < -0.3 is 15.2 Å². The molecule has 1 aromatic rings. The van der Waals surface area contributed by atoms with Crippen molar-refractivity contribution in [2.45, 2.75) is 39.9 Å².